The van der Waals surface area contributed by atoms with Gasteiger partial charge in [-0.1, -0.05) is 18.2 Å². The van der Waals surface area contributed by atoms with E-state index in [1.54, 1.807) is 13.8 Å². The van der Waals surface area contributed by atoms with Crippen molar-refractivity contribution in [3.63, 3.8) is 0 Å². The van der Waals surface area contributed by atoms with E-state index in [1.807, 2.05) is 31.2 Å². The van der Waals surface area contributed by atoms with E-state index in [2.05, 4.69) is 10.2 Å². The van der Waals surface area contributed by atoms with Crippen molar-refractivity contribution in [1.29, 1.82) is 0 Å². The molecule has 2 fully saturated rings. The fourth-order valence-corrected chi connectivity index (χ4v) is 4.69. The van der Waals surface area contributed by atoms with Crippen LogP contribution in [-0.2, 0) is 16.4 Å². The second kappa shape index (κ2) is 9.65. The highest BCUT2D eigenvalue weighted by atomic mass is 127. The quantitative estimate of drug-likeness (QED) is 0.366. The van der Waals surface area contributed by atoms with Crippen molar-refractivity contribution in [3.8, 4) is 5.75 Å². The highest BCUT2D eigenvalue weighted by Crippen LogP contribution is 2.28. The number of hydrogen-bond acceptors (Lipinski definition) is 4. The van der Waals surface area contributed by atoms with Crippen molar-refractivity contribution in [3.05, 3.63) is 29.8 Å². The van der Waals surface area contributed by atoms with Crippen LogP contribution in [0.2, 0.25) is 0 Å². The zero-order valence-corrected chi connectivity index (χ0v) is 20.1. The fraction of sp³-hybridized carbons (Fsp3) is 0.650. The van der Waals surface area contributed by atoms with E-state index in [0.29, 0.717) is 25.7 Å². The van der Waals surface area contributed by atoms with E-state index in [0.717, 1.165) is 36.7 Å². The van der Waals surface area contributed by atoms with Gasteiger partial charge in [0.1, 0.15) is 5.75 Å². The third-order valence-electron chi connectivity index (χ3n) is 5.40. The Kier molecular flexibility index (Phi) is 8.01. The Morgan fingerprint density at radius 1 is 1.32 bits per heavy atom. The molecule has 0 radical (unpaired) electrons. The smallest absolute Gasteiger partial charge is 0.194 e. The largest absolute Gasteiger partial charge is 0.490 e. The van der Waals surface area contributed by atoms with Gasteiger partial charge in [0, 0.05) is 25.2 Å². The van der Waals surface area contributed by atoms with E-state index in [1.165, 1.54) is 6.42 Å². The molecule has 1 N–H and O–H groups in total. The molecular formula is C20H32IN3O3S. The fourth-order valence-electron chi connectivity index (χ4n) is 3.33. The Balaban J connectivity index is 0.00000280. The molecule has 3 rings (SSSR count). The van der Waals surface area contributed by atoms with E-state index in [-0.39, 0.29) is 29.7 Å². The number of aliphatic imine (C=N–C) groups is 1. The Bertz CT molecular complexity index is 792. The van der Waals surface area contributed by atoms with Crippen molar-refractivity contribution in [1.82, 2.24) is 10.2 Å². The Morgan fingerprint density at radius 2 is 2.04 bits per heavy atom. The summed E-state index contributed by atoms with van der Waals surface area (Å²) in [7, 11) is -3.07. The average molecular weight is 521 g/mol. The predicted molar refractivity (Wildman–Crippen MR) is 124 cm³/mol. The van der Waals surface area contributed by atoms with Crippen LogP contribution in [0, 0.1) is 0 Å². The normalized spacial score (nSPS) is 21.4. The molecule has 1 aliphatic heterocycles. The molecule has 1 aromatic rings. The van der Waals surface area contributed by atoms with Crippen molar-refractivity contribution in [2.45, 2.75) is 57.4 Å². The number of halogens is 1. The lowest BCUT2D eigenvalue weighted by Crippen LogP contribution is -2.57. The van der Waals surface area contributed by atoms with Gasteiger partial charge in [-0.3, -0.25) is 0 Å². The second-order valence-corrected chi connectivity index (χ2v) is 10.7. The van der Waals surface area contributed by atoms with Gasteiger partial charge in [0.05, 0.1) is 23.1 Å². The molecule has 1 aliphatic carbocycles. The molecule has 28 heavy (non-hydrogen) atoms. The molecule has 1 saturated heterocycles. The lowest BCUT2D eigenvalue weighted by Gasteiger charge is -2.39. The Labute approximate surface area is 186 Å². The molecule has 0 aromatic heterocycles. The number of rotatable bonds is 5. The van der Waals surface area contributed by atoms with Gasteiger partial charge in [0.15, 0.2) is 15.8 Å². The van der Waals surface area contributed by atoms with Gasteiger partial charge < -0.3 is 15.0 Å². The van der Waals surface area contributed by atoms with Crippen molar-refractivity contribution in [2.75, 3.05) is 25.4 Å². The minimum Gasteiger partial charge on any atom is -0.490 e. The maximum absolute atomic E-state index is 12.3. The summed E-state index contributed by atoms with van der Waals surface area (Å²) in [5.74, 6) is 1.83. The number of sulfone groups is 1. The summed E-state index contributed by atoms with van der Waals surface area (Å²) >= 11 is 0. The molecule has 0 atom stereocenters. The number of para-hydroxylation sites is 1. The monoisotopic (exact) mass is 521 g/mol. The molecule has 6 nitrogen and oxygen atoms in total. The van der Waals surface area contributed by atoms with Gasteiger partial charge in [0.2, 0.25) is 0 Å². The number of guanidine groups is 1. The maximum Gasteiger partial charge on any atom is 0.194 e. The van der Waals surface area contributed by atoms with Crippen LogP contribution in [0.1, 0.15) is 45.6 Å². The van der Waals surface area contributed by atoms with E-state index in [9.17, 15) is 8.42 Å². The predicted octanol–water partition coefficient (Wildman–Crippen LogP) is 3.21. The van der Waals surface area contributed by atoms with Crippen LogP contribution in [-0.4, -0.2) is 55.5 Å². The summed E-state index contributed by atoms with van der Waals surface area (Å²) in [4.78, 5) is 6.84. The molecule has 0 amide bonds. The highest BCUT2D eigenvalue weighted by molar-refractivity contribution is 14.0. The minimum absolute atomic E-state index is 0. The van der Waals surface area contributed by atoms with Crippen LogP contribution in [0.3, 0.4) is 0 Å². The SMILES string of the molecule is CCNC(=NCc1ccccc1OC1CCC1)N1CCS(=O)(=O)C(C)(C)C1.I. The molecule has 1 aromatic carbocycles. The number of hydrogen-bond donors (Lipinski definition) is 1. The molecular weight excluding hydrogens is 489 g/mol. The minimum atomic E-state index is -3.07. The molecule has 8 heteroatoms. The van der Waals surface area contributed by atoms with Crippen LogP contribution in [0.25, 0.3) is 0 Å². The van der Waals surface area contributed by atoms with Crippen LogP contribution >= 0.6 is 24.0 Å². The topological polar surface area (TPSA) is 71.0 Å². The number of benzene rings is 1. The summed E-state index contributed by atoms with van der Waals surface area (Å²) in [5.41, 5.74) is 1.06. The van der Waals surface area contributed by atoms with Crippen molar-refractivity contribution < 1.29 is 13.2 Å². The number of nitrogens with zero attached hydrogens (tertiary/aromatic N) is 2. The van der Waals surface area contributed by atoms with E-state index >= 15 is 0 Å². The van der Waals surface area contributed by atoms with Crippen molar-refractivity contribution >= 4 is 39.8 Å². The standard InChI is InChI=1S/C20H31N3O3S.HI/c1-4-21-19(23-12-13-27(24,25)20(2,3)15-23)22-14-16-8-5-6-11-18(16)26-17-9-7-10-17;/h5-6,8,11,17H,4,7,9-10,12-15H2,1-3H3,(H,21,22);1H. The zero-order valence-electron chi connectivity index (χ0n) is 17.0. The van der Waals surface area contributed by atoms with Crippen molar-refractivity contribution in [2.24, 2.45) is 4.99 Å². The maximum atomic E-state index is 12.3. The van der Waals surface area contributed by atoms with Gasteiger partial charge in [-0.25, -0.2) is 13.4 Å². The first kappa shape index (κ1) is 23.3. The molecule has 2 aliphatic rings. The first-order chi connectivity index (χ1) is 12.8. The first-order valence-corrected chi connectivity index (χ1v) is 11.5. The second-order valence-electron chi connectivity index (χ2n) is 7.95. The van der Waals surface area contributed by atoms with Crippen LogP contribution in [0.15, 0.2) is 29.3 Å². The van der Waals surface area contributed by atoms with Crippen LogP contribution < -0.4 is 10.1 Å². The summed E-state index contributed by atoms with van der Waals surface area (Å²) in [6.45, 7) is 7.77. The van der Waals surface area contributed by atoms with Gasteiger partial charge >= 0.3 is 0 Å². The molecule has 1 heterocycles. The van der Waals surface area contributed by atoms with Crippen LogP contribution in [0.5, 0.6) is 5.75 Å². The van der Waals surface area contributed by atoms with Crippen LogP contribution in [0.4, 0.5) is 0 Å². The summed E-state index contributed by atoms with van der Waals surface area (Å²) in [6, 6.07) is 8.05. The summed E-state index contributed by atoms with van der Waals surface area (Å²) in [5, 5.41) is 3.31. The molecule has 0 bridgehead atoms. The Morgan fingerprint density at radius 3 is 2.64 bits per heavy atom. The number of ether oxygens (including phenoxy) is 1. The lowest BCUT2D eigenvalue weighted by molar-refractivity contribution is 0.119. The van der Waals surface area contributed by atoms with Gasteiger partial charge in [-0.2, -0.15) is 0 Å². The third kappa shape index (κ3) is 5.31. The summed E-state index contributed by atoms with van der Waals surface area (Å²) in [6.07, 6.45) is 3.81. The van der Waals surface area contributed by atoms with E-state index in [4.69, 9.17) is 9.73 Å². The molecule has 0 unspecified atom stereocenters. The lowest BCUT2D eigenvalue weighted by atomic mass is 9.96. The zero-order chi connectivity index (χ0) is 19.5. The molecule has 158 valence electrons. The molecule has 0 spiro atoms. The van der Waals surface area contributed by atoms with Gasteiger partial charge in [-0.15, -0.1) is 24.0 Å². The van der Waals surface area contributed by atoms with Gasteiger partial charge in [-0.05, 0) is 46.1 Å². The summed E-state index contributed by atoms with van der Waals surface area (Å²) < 4.78 is 29.9. The third-order valence-corrected chi connectivity index (χ3v) is 7.93. The van der Waals surface area contributed by atoms with E-state index < -0.39 is 14.6 Å². The molecule has 1 saturated carbocycles. The van der Waals surface area contributed by atoms with Gasteiger partial charge in [0.25, 0.3) is 0 Å². The Hall–Kier alpha value is -1.03. The number of nitrogens with one attached hydrogen (secondary N) is 1. The average Bonchev–Trinajstić information content (AvgIpc) is 2.58. The highest BCUT2D eigenvalue weighted by Gasteiger charge is 2.41. The first-order valence-electron chi connectivity index (χ1n) is 9.82.